The molecule has 2 saturated carbocycles. The van der Waals surface area contributed by atoms with Crippen LogP contribution in [-0.2, 0) is 23.8 Å². The van der Waals surface area contributed by atoms with E-state index in [2.05, 4.69) is 45.6 Å². The van der Waals surface area contributed by atoms with E-state index in [1.54, 1.807) is 4.68 Å². The molecular formula is C26H35ClN4O. The van der Waals surface area contributed by atoms with E-state index in [0.717, 1.165) is 61.9 Å². The van der Waals surface area contributed by atoms with Gasteiger partial charge in [0.15, 0.2) is 0 Å². The van der Waals surface area contributed by atoms with E-state index in [-0.39, 0.29) is 22.7 Å². The van der Waals surface area contributed by atoms with Gasteiger partial charge in [0.2, 0.25) is 5.91 Å². The fourth-order valence-electron chi connectivity index (χ4n) is 6.30. The average molecular weight is 455 g/mol. The highest BCUT2D eigenvalue weighted by Crippen LogP contribution is 2.59. The fraction of sp³-hybridized carbons (Fsp3) is 0.615. The SMILES string of the molecule is Cc1nn(C)c(Cl)c1CN1CCC2(CC1)CC2C(=O)NCC1(c2ccccc2)CCCC1. The second kappa shape index (κ2) is 8.49. The molecule has 2 aromatic rings. The van der Waals surface area contributed by atoms with Crippen LogP contribution in [0.25, 0.3) is 0 Å². The summed E-state index contributed by atoms with van der Waals surface area (Å²) in [6.45, 7) is 5.73. The number of halogens is 1. The first-order chi connectivity index (χ1) is 15.4. The lowest BCUT2D eigenvalue weighted by molar-refractivity contribution is -0.123. The van der Waals surface area contributed by atoms with Gasteiger partial charge in [0.05, 0.1) is 5.69 Å². The molecule has 1 aromatic heterocycles. The molecule has 3 fully saturated rings. The van der Waals surface area contributed by atoms with E-state index >= 15 is 0 Å². The van der Waals surface area contributed by atoms with Crippen molar-refractivity contribution in [2.75, 3.05) is 19.6 Å². The molecule has 1 aromatic carbocycles. The second-order valence-corrected chi connectivity index (χ2v) is 10.8. The van der Waals surface area contributed by atoms with Crippen LogP contribution >= 0.6 is 11.6 Å². The summed E-state index contributed by atoms with van der Waals surface area (Å²) >= 11 is 6.43. The molecule has 1 spiro atoms. The first-order valence-electron chi connectivity index (χ1n) is 12.2. The number of hydrogen-bond acceptors (Lipinski definition) is 3. The predicted molar refractivity (Wildman–Crippen MR) is 128 cm³/mol. The zero-order valence-electron chi connectivity index (χ0n) is 19.4. The van der Waals surface area contributed by atoms with Crippen molar-refractivity contribution in [2.24, 2.45) is 18.4 Å². The number of likely N-dealkylation sites (tertiary alicyclic amines) is 1. The van der Waals surface area contributed by atoms with Gasteiger partial charge in [-0.2, -0.15) is 5.10 Å². The monoisotopic (exact) mass is 454 g/mol. The van der Waals surface area contributed by atoms with E-state index in [4.69, 9.17) is 11.6 Å². The van der Waals surface area contributed by atoms with Crippen LogP contribution in [-0.4, -0.2) is 40.2 Å². The van der Waals surface area contributed by atoms with E-state index < -0.39 is 0 Å². The van der Waals surface area contributed by atoms with Crippen LogP contribution in [0.3, 0.4) is 0 Å². The summed E-state index contributed by atoms with van der Waals surface area (Å²) in [7, 11) is 1.89. The number of nitrogens with one attached hydrogen (secondary N) is 1. The predicted octanol–water partition coefficient (Wildman–Crippen LogP) is 4.61. The van der Waals surface area contributed by atoms with Gasteiger partial charge in [-0.3, -0.25) is 14.4 Å². The van der Waals surface area contributed by atoms with Crippen LogP contribution in [0.5, 0.6) is 0 Å². The van der Waals surface area contributed by atoms with Crippen molar-refractivity contribution in [1.29, 1.82) is 0 Å². The van der Waals surface area contributed by atoms with Gasteiger partial charge < -0.3 is 5.32 Å². The highest BCUT2D eigenvalue weighted by Gasteiger charge is 2.58. The molecule has 32 heavy (non-hydrogen) atoms. The van der Waals surface area contributed by atoms with Gasteiger partial charge in [-0.1, -0.05) is 54.8 Å². The van der Waals surface area contributed by atoms with Gasteiger partial charge in [0, 0.05) is 37.0 Å². The molecule has 0 bridgehead atoms. The average Bonchev–Trinajstić information content (AvgIpc) is 3.18. The number of hydrogen-bond donors (Lipinski definition) is 1. The maximum atomic E-state index is 13.1. The Balaban J connectivity index is 1.15. The molecule has 2 aliphatic carbocycles. The molecule has 2 heterocycles. The largest absolute Gasteiger partial charge is 0.355 e. The van der Waals surface area contributed by atoms with Gasteiger partial charge in [-0.05, 0) is 63.1 Å². The van der Waals surface area contributed by atoms with Crippen molar-refractivity contribution in [2.45, 2.75) is 63.8 Å². The van der Waals surface area contributed by atoms with Crippen LogP contribution in [0.15, 0.2) is 30.3 Å². The smallest absolute Gasteiger partial charge is 0.223 e. The number of piperidine rings is 1. The highest BCUT2D eigenvalue weighted by atomic mass is 35.5. The Kier molecular flexibility index (Phi) is 5.83. The Morgan fingerprint density at radius 1 is 1.16 bits per heavy atom. The van der Waals surface area contributed by atoms with Crippen molar-refractivity contribution in [3.63, 3.8) is 0 Å². The van der Waals surface area contributed by atoms with Crippen LogP contribution in [0.2, 0.25) is 5.15 Å². The first-order valence-corrected chi connectivity index (χ1v) is 12.5. The highest BCUT2D eigenvalue weighted by molar-refractivity contribution is 6.30. The molecular weight excluding hydrogens is 420 g/mol. The Bertz CT molecular complexity index is 971. The van der Waals surface area contributed by atoms with E-state index in [9.17, 15) is 4.79 Å². The molecule has 1 saturated heterocycles. The molecule has 1 N–H and O–H groups in total. The van der Waals surface area contributed by atoms with E-state index in [1.807, 2.05) is 14.0 Å². The second-order valence-electron chi connectivity index (χ2n) is 10.4. The van der Waals surface area contributed by atoms with Crippen molar-refractivity contribution in [3.05, 3.63) is 52.3 Å². The lowest BCUT2D eigenvalue weighted by Crippen LogP contribution is -2.41. The molecule has 1 unspecified atom stereocenters. The van der Waals surface area contributed by atoms with Crippen molar-refractivity contribution in [1.82, 2.24) is 20.0 Å². The number of aromatic nitrogens is 2. The topological polar surface area (TPSA) is 50.2 Å². The Hall–Kier alpha value is -1.85. The van der Waals surface area contributed by atoms with Gasteiger partial charge in [-0.25, -0.2) is 0 Å². The summed E-state index contributed by atoms with van der Waals surface area (Å²) in [6, 6.07) is 10.8. The third kappa shape index (κ3) is 3.99. The maximum absolute atomic E-state index is 13.1. The van der Waals surface area contributed by atoms with Crippen LogP contribution < -0.4 is 5.32 Å². The van der Waals surface area contributed by atoms with Gasteiger partial charge in [0.25, 0.3) is 0 Å². The Morgan fingerprint density at radius 3 is 2.47 bits per heavy atom. The molecule has 1 aliphatic heterocycles. The van der Waals surface area contributed by atoms with E-state index in [0.29, 0.717) is 0 Å². The molecule has 5 rings (SSSR count). The van der Waals surface area contributed by atoms with Crippen molar-refractivity contribution >= 4 is 17.5 Å². The molecule has 1 atom stereocenters. The summed E-state index contributed by atoms with van der Waals surface area (Å²) in [5, 5.41) is 8.56. The lowest BCUT2D eigenvalue weighted by atomic mass is 9.78. The molecule has 172 valence electrons. The number of carbonyl (C=O) groups excluding carboxylic acids is 1. The summed E-state index contributed by atoms with van der Waals surface area (Å²) in [5.74, 6) is 0.481. The molecule has 5 nitrogen and oxygen atoms in total. The van der Waals surface area contributed by atoms with Crippen LogP contribution in [0.4, 0.5) is 0 Å². The number of carbonyl (C=O) groups is 1. The molecule has 1 amide bonds. The Morgan fingerprint density at radius 2 is 1.84 bits per heavy atom. The Labute approximate surface area is 196 Å². The molecule has 0 radical (unpaired) electrons. The van der Waals surface area contributed by atoms with Crippen LogP contribution in [0, 0.1) is 18.3 Å². The third-order valence-corrected chi connectivity index (χ3v) is 9.03. The molecule has 6 heteroatoms. The number of aryl methyl sites for hydroxylation is 2. The quantitative estimate of drug-likeness (QED) is 0.693. The maximum Gasteiger partial charge on any atom is 0.223 e. The zero-order chi connectivity index (χ0) is 22.3. The summed E-state index contributed by atoms with van der Waals surface area (Å²) < 4.78 is 1.76. The summed E-state index contributed by atoms with van der Waals surface area (Å²) in [4.78, 5) is 15.6. The summed E-state index contributed by atoms with van der Waals surface area (Å²) in [5.41, 5.74) is 3.90. The number of nitrogens with zero attached hydrogens (tertiary/aromatic N) is 3. The van der Waals surface area contributed by atoms with Crippen LogP contribution in [0.1, 0.15) is 61.8 Å². The summed E-state index contributed by atoms with van der Waals surface area (Å²) in [6.07, 6.45) is 8.13. The lowest BCUT2D eigenvalue weighted by Gasteiger charge is -2.33. The minimum absolute atomic E-state index is 0.128. The zero-order valence-corrected chi connectivity index (χ0v) is 20.1. The number of benzene rings is 1. The van der Waals surface area contributed by atoms with E-state index in [1.165, 1.54) is 31.2 Å². The third-order valence-electron chi connectivity index (χ3n) is 8.56. The minimum Gasteiger partial charge on any atom is -0.355 e. The molecule has 3 aliphatic rings. The van der Waals surface area contributed by atoms with Gasteiger partial charge in [0.1, 0.15) is 5.15 Å². The minimum atomic E-state index is 0.128. The standard InChI is InChI=1S/C26H35ClN4O/c1-19-21(23(27)30(2)29-19)17-31-14-12-25(13-15-31)16-22(25)24(32)28-18-26(10-6-7-11-26)20-8-4-3-5-9-20/h3-5,8-9,22H,6-7,10-18H2,1-2H3,(H,28,32). The first kappa shape index (κ1) is 22.0. The number of rotatable bonds is 6. The van der Waals surface area contributed by atoms with Crippen molar-refractivity contribution in [3.8, 4) is 0 Å². The number of amides is 1. The van der Waals surface area contributed by atoms with Gasteiger partial charge in [-0.15, -0.1) is 0 Å². The van der Waals surface area contributed by atoms with Crippen molar-refractivity contribution < 1.29 is 4.79 Å². The van der Waals surface area contributed by atoms with Gasteiger partial charge >= 0.3 is 0 Å². The fourth-order valence-corrected chi connectivity index (χ4v) is 6.53. The normalized spacial score (nSPS) is 24.0.